The maximum Gasteiger partial charge on any atom is 0.124 e. The van der Waals surface area contributed by atoms with Crippen LogP contribution in [0.25, 0.3) is 0 Å². The number of ether oxygens (including phenoxy) is 2. The molecule has 0 unspecified atom stereocenters. The molecule has 0 heterocycles. The summed E-state index contributed by atoms with van der Waals surface area (Å²) in [5.74, 6) is 4.93. The van der Waals surface area contributed by atoms with Gasteiger partial charge in [0, 0.05) is 17.0 Å². The molecule has 0 saturated heterocycles. The van der Waals surface area contributed by atoms with Crippen LogP contribution in [0.5, 0.6) is 11.5 Å². The molecule has 0 amide bonds. The molecule has 0 fully saturated rings. The summed E-state index contributed by atoms with van der Waals surface area (Å²) >= 11 is 0. The van der Waals surface area contributed by atoms with E-state index in [4.69, 9.17) is 15.9 Å². The molecule has 3 aliphatic carbocycles. The normalized spacial score (nSPS) is 21.2. The van der Waals surface area contributed by atoms with Gasteiger partial charge in [0.2, 0.25) is 0 Å². The van der Waals surface area contributed by atoms with E-state index in [9.17, 15) is 0 Å². The predicted octanol–water partition coefficient (Wildman–Crippen LogP) is 4.48. The van der Waals surface area contributed by atoms with Gasteiger partial charge in [-0.1, -0.05) is 54.5 Å². The zero-order valence-corrected chi connectivity index (χ0v) is 14.7. The molecular weight excluding hydrogens is 320 g/mol. The summed E-state index contributed by atoms with van der Waals surface area (Å²) in [5.41, 5.74) is 6.35. The number of rotatable bonds is 2. The maximum absolute atomic E-state index is 6.29. The minimum atomic E-state index is -0.669. The molecule has 3 aromatic carbocycles. The summed E-state index contributed by atoms with van der Waals surface area (Å²) in [6, 6.07) is 20.9. The van der Waals surface area contributed by atoms with Crippen molar-refractivity contribution in [3.8, 4) is 23.8 Å². The summed E-state index contributed by atoms with van der Waals surface area (Å²) in [4.78, 5) is 0. The van der Waals surface area contributed by atoms with E-state index in [1.807, 2.05) is 12.1 Å². The Bertz CT molecular complexity index is 1040. The molecule has 0 atom stereocenters. The highest BCUT2D eigenvalue weighted by molar-refractivity contribution is 5.79. The van der Waals surface area contributed by atoms with Gasteiger partial charge in [0.1, 0.15) is 16.9 Å². The third-order valence-corrected chi connectivity index (χ3v) is 5.84. The average Bonchev–Trinajstić information content (AvgIpc) is 2.72. The molecule has 0 N–H and O–H groups in total. The fourth-order valence-corrected chi connectivity index (χ4v) is 4.90. The van der Waals surface area contributed by atoms with E-state index >= 15 is 0 Å². The van der Waals surface area contributed by atoms with E-state index in [2.05, 4.69) is 54.5 Å². The van der Waals surface area contributed by atoms with Crippen molar-refractivity contribution in [1.82, 2.24) is 0 Å². The fourth-order valence-electron chi connectivity index (χ4n) is 4.90. The quantitative estimate of drug-likeness (QED) is 0.642. The Hall–Kier alpha value is -3.18. The van der Waals surface area contributed by atoms with Crippen molar-refractivity contribution in [2.24, 2.45) is 0 Å². The van der Waals surface area contributed by atoms with Gasteiger partial charge in [-0.2, -0.15) is 0 Å². The molecule has 0 aliphatic heterocycles. The van der Waals surface area contributed by atoms with Crippen molar-refractivity contribution in [2.45, 2.75) is 11.3 Å². The van der Waals surface area contributed by atoms with Crippen LogP contribution in [0.4, 0.5) is 0 Å². The Labute approximate surface area is 153 Å². The largest absolute Gasteiger partial charge is 0.496 e. The van der Waals surface area contributed by atoms with Crippen LogP contribution in [-0.2, 0) is 5.41 Å². The lowest BCUT2D eigenvalue weighted by molar-refractivity contribution is 0.385. The van der Waals surface area contributed by atoms with E-state index in [1.165, 1.54) is 22.3 Å². The second-order valence-electron chi connectivity index (χ2n) is 6.76. The lowest BCUT2D eigenvalue weighted by Crippen LogP contribution is -2.41. The van der Waals surface area contributed by atoms with Crippen LogP contribution in [-0.4, -0.2) is 14.2 Å². The first-order chi connectivity index (χ1) is 12.8. The Kier molecular flexibility index (Phi) is 3.00. The van der Waals surface area contributed by atoms with Crippen molar-refractivity contribution >= 4 is 0 Å². The smallest absolute Gasteiger partial charge is 0.124 e. The molecule has 0 saturated carbocycles. The summed E-state index contributed by atoms with van der Waals surface area (Å²) in [7, 11) is 3.41. The number of terminal acetylenes is 1. The molecule has 0 aromatic heterocycles. The maximum atomic E-state index is 6.29. The molecule has 6 rings (SSSR count). The molecular formula is C24H18O2. The monoisotopic (exact) mass is 338 g/mol. The molecule has 2 heteroatoms. The van der Waals surface area contributed by atoms with E-state index in [0.29, 0.717) is 0 Å². The van der Waals surface area contributed by atoms with Gasteiger partial charge in [-0.05, 0) is 34.4 Å². The van der Waals surface area contributed by atoms with Crippen LogP contribution >= 0.6 is 0 Å². The van der Waals surface area contributed by atoms with Crippen molar-refractivity contribution in [3.63, 3.8) is 0 Å². The summed E-state index contributed by atoms with van der Waals surface area (Å²) in [6.45, 7) is 0. The Morgan fingerprint density at radius 1 is 0.808 bits per heavy atom. The molecule has 26 heavy (non-hydrogen) atoms. The van der Waals surface area contributed by atoms with Gasteiger partial charge in [0.25, 0.3) is 0 Å². The standard InChI is InChI=1S/C24H18O2/c1-4-24-17-11-7-5-9-15(17)21(16-10-6-8-12-18(16)24)22-19(25-2)13-14-20(26-3)23(22)24/h1,5-14,21H,2-3H3. The van der Waals surface area contributed by atoms with E-state index in [0.717, 1.165) is 22.6 Å². The molecule has 0 spiro atoms. The predicted molar refractivity (Wildman–Crippen MR) is 102 cm³/mol. The highest BCUT2D eigenvalue weighted by Crippen LogP contribution is 2.62. The molecule has 3 aromatic rings. The third-order valence-electron chi connectivity index (χ3n) is 5.84. The lowest BCUT2D eigenvalue weighted by Gasteiger charge is -2.48. The number of hydrogen-bond acceptors (Lipinski definition) is 2. The van der Waals surface area contributed by atoms with Crippen LogP contribution in [0.1, 0.15) is 39.3 Å². The van der Waals surface area contributed by atoms with Crippen molar-refractivity contribution in [2.75, 3.05) is 14.2 Å². The SMILES string of the molecule is C#CC12c3ccccc3C(c3ccccc31)c1c(OC)ccc(OC)c12. The summed E-state index contributed by atoms with van der Waals surface area (Å²) in [5, 5.41) is 0. The van der Waals surface area contributed by atoms with Gasteiger partial charge >= 0.3 is 0 Å². The zero-order chi connectivity index (χ0) is 17.9. The first-order valence-electron chi connectivity index (χ1n) is 8.69. The van der Waals surface area contributed by atoms with Crippen LogP contribution in [0, 0.1) is 12.3 Å². The molecule has 3 aliphatic rings. The number of benzene rings is 3. The summed E-state index contributed by atoms with van der Waals surface area (Å²) in [6.07, 6.45) is 6.29. The average molecular weight is 338 g/mol. The van der Waals surface area contributed by atoms with Gasteiger partial charge in [0.05, 0.1) is 14.2 Å². The summed E-state index contributed by atoms with van der Waals surface area (Å²) < 4.78 is 11.5. The lowest BCUT2D eigenvalue weighted by atomic mass is 9.53. The van der Waals surface area contributed by atoms with E-state index < -0.39 is 5.41 Å². The van der Waals surface area contributed by atoms with Crippen LogP contribution in [0.15, 0.2) is 60.7 Å². The van der Waals surface area contributed by atoms with Gasteiger partial charge in [-0.15, -0.1) is 6.42 Å². The van der Waals surface area contributed by atoms with Crippen molar-refractivity contribution in [1.29, 1.82) is 0 Å². The first-order valence-corrected chi connectivity index (χ1v) is 8.69. The van der Waals surface area contributed by atoms with Gasteiger partial charge in [-0.25, -0.2) is 0 Å². The second kappa shape index (κ2) is 5.16. The van der Waals surface area contributed by atoms with Crippen molar-refractivity contribution < 1.29 is 9.47 Å². The molecule has 126 valence electrons. The van der Waals surface area contributed by atoms with Gasteiger partial charge < -0.3 is 9.47 Å². The second-order valence-corrected chi connectivity index (χ2v) is 6.76. The Balaban J connectivity index is 2.04. The van der Waals surface area contributed by atoms with E-state index in [1.54, 1.807) is 14.2 Å². The third kappa shape index (κ3) is 1.54. The topological polar surface area (TPSA) is 18.5 Å². The number of hydrogen-bond donors (Lipinski definition) is 0. The molecule has 0 radical (unpaired) electrons. The highest BCUT2D eigenvalue weighted by atomic mass is 16.5. The highest BCUT2D eigenvalue weighted by Gasteiger charge is 2.53. The molecule has 2 nitrogen and oxygen atoms in total. The fraction of sp³-hybridized carbons (Fsp3) is 0.167. The molecule has 2 bridgehead atoms. The van der Waals surface area contributed by atoms with Gasteiger partial charge in [0.15, 0.2) is 0 Å². The van der Waals surface area contributed by atoms with Crippen molar-refractivity contribution in [3.05, 3.63) is 94.0 Å². The first kappa shape index (κ1) is 15.1. The van der Waals surface area contributed by atoms with Crippen LogP contribution in [0.2, 0.25) is 0 Å². The Morgan fingerprint density at radius 3 is 1.88 bits per heavy atom. The van der Waals surface area contributed by atoms with E-state index in [-0.39, 0.29) is 5.92 Å². The minimum absolute atomic E-state index is 0.0951. The van der Waals surface area contributed by atoms with Crippen LogP contribution in [0.3, 0.4) is 0 Å². The minimum Gasteiger partial charge on any atom is -0.496 e. The zero-order valence-electron chi connectivity index (χ0n) is 14.7. The van der Waals surface area contributed by atoms with Gasteiger partial charge in [-0.3, -0.25) is 0 Å². The Morgan fingerprint density at radius 2 is 1.35 bits per heavy atom. The number of methoxy groups -OCH3 is 2. The van der Waals surface area contributed by atoms with Crippen LogP contribution < -0.4 is 9.47 Å².